The fraction of sp³-hybridized carbons (Fsp3) is 0.0667. The summed E-state index contributed by atoms with van der Waals surface area (Å²) in [5, 5.41) is 7.66. The van der Waals surface area contributed by atoms with Gasteiger partial charge in [0.1, 0.15) is 5.52 Å². The predicted molar refractivity (Wildman–Crippen MR) is 84.0 cm³/mol. The van der Waals surface area contributed by atoms with Crippen molar-refractivity contribution in [3.8, 4) is 5.69 Å². The third-order valence-electron chi connectivity index (χ3n) is 3.31. The molecular weight excluding hydrogens is 350 g/mol. The number of hydrogen-bond acceptors (Lipinski definition) is 2. The monoisotopic (exact) mass is 357 g/mol. The Balaban J connectivity index is 2.16. The first-order chi connectivity index (χ1) is 10.8. The molecule has 0 atom stereocenters. The van der Waals surface area contributed by atoms with E-state index < -0.39 is 11.7 Å². The van der Waals surface area contributed by atoms with E-state index in [0.29, 0.717) is 16.7 Å². The number of halogens is 5. The van der Waals surface area contributed by atoms with E-state index in [9.17, 15) is 13.2 Å². The van der Waals surface area contributed by atoms with Gasteiger partial charge in [-0.05, 0) is 18.2 Å². The minimum absolute atomic E-state index is 0.0507. The maximum Gasteiger partial charge on any atom is 0.416 e. The van der Waals surface area contributed by atoms with Crippen molar-refractivity contribution in [3.05, 3.63) is 58.6 Å². The molecule has 8 heteroatoms. The highest BCUT2D eigenvalue weighted by Gasteiger charge is 2.34. The van der Waals surface area contributed by atoms with Crippen molar-refractivity contribution in [1.29, 1.82) is 0 Å². The summed E-state index contributed by atoms with van der Waals surface area (Å²) in [6.45, 7) is 3.04. The van der Waals surface area contributed by atoms with Crippen LogP contribution in [0.15, 0.2) is 43.0 Å². The van der Waals surface area contributed by atoms with Crippen molar-refractivity contribution >= 4 is 39.8 Å². The van der Waals surface area contributed by atoms with Crippen LogP contribution in [0.5, 0.6) is 0 Å². The van der Waals surface area contributed by atoms with E-state index in [1.54, 1.807) is 24.3 Å². The number of fused-ring (bicyclic) bond motifs is 1. The molecule has 3 aromatic rings. The first-order valence-corrected chi connectivity index (χ1v) is 7.11. The number of allylic oxidation sites excluding steroid dienone is 1. The fourth-order valence-corrected chi connectivity index (χ4v) is 2.65. The number of benzene rings is 2. The van der Waals surface area contributed by atoms with E-state index in [-0.39, 0.29) is 15.6 Å². The molecule has 0 fully saturated rings. The van der Waals surface area contributed by atoms with Gasteiger partial charge in [0.2, 0.25) is 0 Å². The maximum absolute atomic E-state index is 12.8. The first kappa shape index (κ1) is 15.8. The minimum Gasteiger partial charge on any atom is -0.211 e. The number of para-hydroxylation sites is 1. The third kappa shape index (κ3) is 2.68. The Kier molecular flexibility index (Phi) is 3.82. The molecule has 0 N–H and O–H groups in total. The van der Waals surface area contributed by atoms with Gasteiger partial charge in [-0.3, -0.25) is 0 Å². The Morgan fingerprint density at radius 2 is 1.74 bits per heavy atom. The van der Waals surface area contributed by atoms with E-state index in [4.69, 9.17) is 23.2 Å². The summed E-state index contributed by atoms with van der Waals surface area (Å²) in [6.07, 6.45) is -4.59. The first-order valence-electron chi connectivity index (χ1n) is 6.36. The Morgan fingerprint density at radius 3 is 2.43 bits per heavy atom. The molecule has 0 saturated carbocycles. The quantitative estimate of drug-likeness (QED) is 0.622. The lowest BCUT2D eigenvalue weighted by Gasteiger charge is -2.14. The van der Waals surface area contributed by atoms with Crippen molar-refractivity contribution in [3.63, 3.8) is 0 Å². The number of hydrogen-bond donors (Lipinski definition) is 0. The zero-order valence-electron chi connectivity index (χ0n) is 11.4. The molecule has 23 heavy (non-hydrogen) atoms. The normalized spacial score (nSPS) is 11.9. The smallest absolute Gasteiger partial charge is 0.211 e. The third-order valence-corrected chi connectivity index (χ3v) is 4.18. The van der Waals surface area contributed by atoms with Gasteiger partial charge in [0.15, 0.2) is 0 Å². The number of nitrogens with zero attached hydrogens (tertiary/aromatic N) is 3. The van der Waals surface area contributed by atoms with Crippen LogP contribution < -0.4 is 0 Å². The van der Waals surface area contributed by atoms with Crippen molar-refractivity contribution in [2.75, 3.05) is 0 Å². The topological polar surface area (TPSA) is 30.7 Å². The van der Waals surface area contributed by atoms with Gasteiger partial charge in [-0.25, -0.2) is 4.68 Å². The zero-order chi connectivity index (χ0) is 16.8. The summed E-state index contributed by atoms with van der Waals surface area (Å²) in [4.78, 5) is 0. The molecule has 1 aromatic heterocycles. The molecule has 0 amide bonds. The van der Waals surface area contributed by atoms with Crippen molar-refractivity contribution in [2.45, 2.75) is 6.18 Å². The Bertz CT molecular complexity index is 916. The van der Waals surface area contributed by atoms with Gasteiger partial charge in [-0.15, -0.1) is 5.10 Å². The van der Waals surface area contributed by atoms with Crippen LogP contribution in [-0.4, -0.2) is 21.2 Å². The summed E-state index contributed by atoms with van der Waals surface area (Å²) >= 11 is 12.2. The maximum atomic E-state index is 12.8. The second-order valence-corrected chi connectivity index (χ2v) is 5.48. The van der Waals surface area contributed by atoms with Gasteiger partial charge in [0.05, 0.1) is 26.8 Å². The molecule has 0 aliphatic heterocycles. The summed E-state index contributed by atoms with van der Waals surface area (Å²) in [5.41, 5.74) is 0.303. The second-order valence-electron chi connectivity index (χ2n) is 4.73. The van der Waals surface area contributed by atoms with Crippen LogP contribution in [0.3, 0.4) is 0 Å². The van der Waals surface area contributed by atoms with Gasteiger partial charge in [0.25, 0.3) is 0 Å². The largest absolute Gasteiger partial charge is 0.416 e. The van der Waals surface area contributed by atoms with Crippen LogP contribution in [0, 0.1) is 0 Å². The van der Waals surface area contributed by atoms with Gasteiger partial charge in [-0.2, -0.15) is 13.2 Å². The average molecular weight is 358 g/mol. The predicted octanol–water partition coefficient (Wildman–Crippen LogP) is 5.30. The molecule has 0 spiro atoms. The van der Waals surface area contributed by atoms with Crippen molar-refractivity contribution in [2.24, 2.45) is 0 Å². The Hall–Kier alpha value is -2.05. The van der Waals surface area contributed by atoms with Gasteiger partial charge in [-0.1, -0.05) is 53.2 Å². The SMILES string of the molecule is C=C(c1ccc(-n2nnc3ccccc32)c(Cl)c1Cl)C(F)(F)F. The van der Waals surface area contributed by atoms with E-state index in [1.165, 1.54) is 16.8 Å². The molecule has 118 valence electrons. The Morgan fingerprint density at radius 1 is 1.04 bits per heavy atom. The second kappa shape index (κ2) is 5.54. The van der Waals surface area contributed by atoms with Gasteiger partial charge in [0, 0.05) is 5.56 Å². The van der Waals surface area contributed by atoms with Crippen molar-refractivity contribution < 1.29 is 13.2 Å². The lowest BCUT2D eigenvalue weighted by atomic mass is 10.1. The Labute approximate surface area is 138 Å². The van der Waals surface area contributed by atoms with Crippen LogP contribution in [0.25, 0.3) is 22.3 Å². The highest BCUT2D eigenvalue weighted by Crippen LogP contribution is 2.40. The zero-order valence-corrected chi connectivity index (χ0v) is 12.9. The molecule has 2 aromatic carbocycles. The summed E-state index contributed by atoms with van der Waals surface area (Å²) < 4.78 is 39.8. The van der Waals surface area contributed by atoms with Crippen molar-refractivity contribution in [1.82, 2.24) is 15.0 Å². The molecule has 1 heterocycles. The molecule has 3 rings (SSSR count). The van der Waals surface area contributed by atoms with Gasteiger partial charge >= 0.3 is 6.18 Å². The van der Waals surface area contributed by atoms with E-state index >= 15 is 0 Å². The summed E-state index contributed by atoms with van der Waals surface area (Å²) in [7, 11) is 0. The molecule has 0 unspecified atom stereocenters. The molecule has 0 aliphatic carbocycles. The van der Waals surface area contributed by atoms with Crippen LogP contribution in [0.1, 0.15) is 5.56 Å². The van der Waals surface area contributed by atoms with E-state index in [1.807, 2.05) is 0 Å². The van der Waals surface area contributed by atoms with Crippen LogP contribution in [0.4, 0.5) is 13.2 Å². The lowest BCUT2D eigenvalue weighted by molar-refractivity contribution is -0.0686. The summed E-state index contributed by atoms with van der Waals surface area (Å²) in [6, 6.07) is 9.73. The molecule has 0 radical (unpaired) electrons. The van der Waals surface area contributed by atoms with Crippen LogP contribution in [-0.2, 0) is 0 Å². The number of aromatic nitrogens is 3. The number of alkyl halides is 3. The fourth-order valence-electron chi connectivity index (χ4n) is 2.14. The molecule has 0 aliphatic rings. The van der Waals surface area contributed by atoms with E-state index in [0.717, 1.165) is 0 Å². The highest BCUT2D eigenvalue weighted by atomic mass is 35.5. The molecule has 3 nitrogen and oxygen atoms in total. The minimum atomic E-state index is -4.59. The molecule has 0 bridgehead atoms. The number of rotatable bonds is 2. The average Bonchev–Trinajstić information content (AvgIpc) is 2.92. The van der Waals surface area contributed by atoms with E-state index in [2.05, 4.69) is 16.9 Å². The van der Waals surface area contributed by atoms with Crippen LogP contribution in [0.2, 0.25) is 10.0 Å². The lowest BCUT2D eigenvalue weighted by Crippen LogP contribution is -2.10. The van der Waals surface area contributed by atoms with Gasteiger partial charge < -0.3 is 0 Å². The standard InChI is InChI=1S/C15H8Cl2F3N3/c1-8(15(18,19)20)9-6-7-12(14(17)13(9)16)23-11-5-3-2-4-10(11)21-22-23/h2-7H,1H2. The highest BCUT2D eigenvalue weighted by molar-refractivity contribution is 6.44. The summed E-state index contributed by atoms with van der Waals surface area (Å²) in [5.74, 6) is 0. The van der Waals surface area contributed by atoms with Crippen LogP contribution >= 0.6 is 23.2 Å². The molecular formula is C15H8Cl2F3N3. The molecule has 0 saturated heterocycles.